The molecule has 1 aliphatic heterocycles. The number of carbonyl (C=O) groups excluding carboxylic acids is 1. The van der Waals surface area contributed by atoms with Gasteiger partial charge in [0.1, 0.15) is 11.6 Å². The van der Waals surface area contributed by atoms with Crippen molar-refractivity contribution in [2.75, 3.05) is 6.61 Å². The number of rotatable bonds is 6. The Morgan fingerprint density at radius 2 is 2.07 bits per heavy atom. The van der Waals surface area contributed by atoms with Crippen LogP contribution in [0.25, 0.3) is 11.0 Å². The Kier molecular flexibility index (Phi) is 5.07. The third-order valence-corrected chi connectivity index (χ3v) is 5.48. The van der Waals surface area contributed by atoms with Gasteiger partial charge in [0.25, 0.3) is 0 Å². The van der Waals surface area contributed by atoms with E-state index in [1.54, 1.807) is 0 Å². The fourth-order valence-corrected chi connectivity index (χ4v) is 3.87. The Hall–Kier alpha value is -2.82. The summed E-state index contributed by atoms with van der Waals surface area (Å²) < 4.78 is 7.64. The lowest BCUT2D eigenvalue weighted by atomic mass is 10.0. The number of nitrogens with zero attached hydrogens (tertiary/aromatic N) is 2. The van der Waals surface area contributed by atoms with Crippen molar-refractivity contribution in [2.24, 2.45) is 13.0 Å². The van der Waals surface area contributed by atoms with E-state index in [2.05, 4.69) is 41.9 Å². The summed E-state index contributed by atoms with van der Waals surface area (Å²) in [6.45, 7) is 4.99. The first-order chi connectivity index (χ1) is 13.5. The van der Waals surface area contributed by atoms with Crippen molar-refractivity contribution in [2.45, 2.75) is 39.2 Å². The molecule has 0 aliphatic carbocycles. The lowest BCUT2D eigenvalue weighted by molar-refractivity contribution is -0.122. The van der Waals surface area contributed by atoms with Gasteiger partial charge >= 0.3 is 0 Å². The highest BCUT2D eigenvalue weighted by Crippen LogP contribution is 2.27. The van der Waals surface area contributed by atoms with Crippen LogP contribution in [0.4, 0.5) is 0 Å². The van der Waals surface area contributed by atoms with Crippen LogP contribution in [0.1, 0.15) is 43.3 Å². The van der Waals surface area contributed by atoms with E-state index in [0.717, 1.165) is 42.1 Å². The second-order valence-electron chi connectivity index (χ2n) is 7.85. The zero-order valence-corrected chi connectivity index (χ0v) is 16.7. The maximum Gasteiger partial charge on any atom is 0.220 e. The first-order valence-corrected chi connectivity index (χ1v) is 9.98. The van der Waals surface area contributed by atoms with E-state index in [-0.39, 0.29) is 17.9 Å². The van der Waals surface area contributed by atoms with Crippen molar-refractivity contribution in [1.29, 1.82) is 0 Å². The zero-order chi connectivity index (χ0) is 19.7. The average Bonchev–Trinajstić information content (AvgIpc) is 3.28. The molecule has 0 spiro atoms. The van der Waals surface area contributed by atoms with E-state index in [1.165, 1.54) is 11.1 Å². The molecule has 0 radical (unpaired) electrons. The molecule has 0 unspecified atom stereocenters. The predicted octanol–water partition coefficient (Wildman–Crippen LogP) is 3.95. The molecule has 1 aliphatic rings. The van der Waals surface area contributed by atoms with Crippen LogP contribution in [-0.4, -0.2) is 22.1 Å². The molecule has 1 N–H and O–H groups in total. The van der Waals surface area contributed by atoms with Crippen LogP contribution in [0.2, 0.25) is 0 Å². The molecular weight excluding hydrogens is 350 g/mol. The van der Waals surface area contributed by atoms with Crippen molar-refractivity contribution >= 4 is 16.9 Å². The van der Waals surface area contributed by atoms with Crippen molar-refractivity contribution < 1.29 is 9.53 Å². The van der Waals surface area contributed by atoms with Gasteiger partial charge in [0, 0.05) is 19.9 Å². The van der Waals surface area contributed by atoms with Crippen molar-refractivity contribution in [3.05, 3.63) is 59.4 Å². The van der Waals surface area contributed by atoms with Crippen LogP contribution >= 0.6 is 0 Å². The van der Waals surface area contributed by atoms with Crippen LogP contribution < -0.4 is 10.1 Å². The third kappa shape index (κ3) is 3.61. The van der Waals surface area contributed by atoms with Crippen molar-refractivity contribution in [3.8, 4) is 5.75 Å². The van der Waals surface area contributed by atoms with Crippen LogP contribution in [0.5, 0.6) is 5.75 Å². The molecule has 1 aromatic heterocycles. The van der Waals surface area contributed by atoms with Gasteiger partial charge in [-0.25, -0.2) is 4.98 Å². The maximum atomic E-state index is 12.7. The molecule has 1 atom stereocenters. The average molecular weight is 377 g/mol. The first kappa shape index (κ1) is 18.5. The predicted molar refractivity (Wildman–Crippen MR) is 110 cm³/mol. The summed E-state index contributed by atoms with van der Waals surface area (Å²) in [6.07, 6.45) is 2.15. The van der Waals surface area contributed by atoms with Gasteiger partial charge in [-0.05, 0) is 41.7 Å². The minimum absolute atomic E-state index is 0.0579. The van der Waals surface area contributed by atoms with Gasteiger partial charge in [0.05, 0.1) is 23.7 Å². The molecular formula is C23H27N3O2. The highest BCUT2D eigenvalue weighted by atomic mass is 16.5. The van der Waals surface area contributed by atoms with Gasteiger partial charge < -0.3 is 14.6 Å². The van der Waals surface area contributed by atoms with Crippen LogP contribution in [-0.2, 0) is 24.7 Å². The number of imidazole rings is 1. The second kappa shape index (κ2) is 7.66. The number of para-hydroxylation sites is 2. The number of hydrogen-bond acceptors (Lipinski definition) is 3. The SMILES string of the molecule is CC(C)[C@H](NC(=O)CCc1ccc2c(c1)CCO2)c1nc2ccccc2n1C. The van der Waals surface area contributed by atoms with Gasteiger partial charge in [0.2, 0.25) is 5.91 Å². The van der Waals surface area contributed by atoms with Crippen LogP contribution in [0.15, 0.2) is 42.5 Å². The van der Waals surface area contributed by atoms with Crippen molar-refractivity contribution in [1.82, 2.24) is 14.9 Å². The maximum absolute atomic E-state index is 12.7. The topological polar surface area (TPSA) is 56.1 Å². The van der Waals surface area contributed by atoms with E-state index in [4.69, 9.17) is 9.72 Å². The van der Waals surface area contributed by atoms with Gasteiger partial charge in [0.15, 0.2) is 0 Å². The highest BCUT2D eigenvalue weighted by Gasteiger charge is 2.23. The molecule has 2 heterocycles. The van der Waals surface area contributed by atoms with Crippen LogP contribution in [0.3, 0.4) is 0 Å². The molecule has 0 bridgehead atoms. The number of benzene rings is 2. The van der Waals surface area contributed by atoms with Gasteiger partial charge in [-0.1, -0.05) is 38.1 Å². The van der Waals surface area contributed by atoms with Crippen LogP contribution in [0, 0.1) is 5.92 Å². The lowest BCUT2D eigenvalue weighted by Gasteiger charge is -2.22. The number of amides is 1. The quantitative estimate of drug-likeness (QED) is 0.708. The summed E-state index contributed by atoms with van der Waals surface area (Å²) in [6, 6.07) is 14.2. The Labute approximate surface area is 165 Å². The van der Waals surface area contributed by atoms with E-state index in [0.29, 0.717) is 6.42 Å². The molecule has 5 heteroatoms. The Balaban J connectivity index is 1.45. The fraction of sp³-hybridized carbons (Fsp3) is 0.391. The summed E-state index contributed by atoms with van der Waals surface area (Å²) in [5.74, 6) is 2.19. The Morgan fingerprint density at radius 1 is 1.25 bits per heavy atom. The smallest absolute Gasteiger partial charge is 0.220 e. The van der Waals surface area contributed by atoms with E-state index >= 15 is 0 Å². The molecule has 0 saturated carbocycles. The second-order valence-corrected chi connectivity index (χ2v) is 7.85. The molecule has 5 nitrogen and oxygen atoms in total. The van der Waals surface area contributed by atoms with Gasteiger partial charge in [-0.2, -0.15) is 0 Å². The molecule has 2 aromatic carbocycles. The number of aromatic nitrogens is 2. The summed E-state index contributed by atoms with van der Waals surface area (Å²) >= 11 is 0. The molecule has 0 fully saturated rings. The standard InChI is InChI=1S/C23H27N3O2/c1-15(2)22(23-24-18-6-4-5-7-19(18)26(23)3)25-21(27)11-9-16-8-10-20-17(14-16)12-13-28-20/h4-8,10,14-15,22H,9,11-13H2,1-3H3,(H,25,27)/t22-/m0/s1. The zero-order valence-electron chi connectivity index (χ0n) is 16.7. The molecule has 146 valence electrons. The number of carbonyl (C=O) groups is 1. The lowest BCUT2D eigenvalue weighted by Crippen LogP contribution is -2.33. The first-order valence-electron chi connectivity index (χ1n) is 9.98. The minimum atomic E-state index is -0.113. The Bertz CT molecular complexity index is 1010. The summed E-state index contributed by atoms with van der Waals surface area (Å²) in [4.78, 5) is 17.5. The van der Waals surface area contributed by atoms with E-state index < -0.39 is 0 Å². The molecule has 4 rings (SSSR count). The van der Waals surface area contributed by atoms with Gasteiger partial charge in [-0.15, -0.1) is 0 Å². The van der Waals surface area contributed by atoms with E-state index in [1.807, 2.05) is 31.3 Å². The highest BCUT2D eigenvalue weighted by molar-refractivity contribution is 5.78. The molecule has 3 aromatic rings. The Morgan fingerprint density at radius 3 is 2.86 bits per heavy atom. The normalized spacial score (nSPS) is 14.1. The number of ether oxygens (including phenoxy) is 1. The van der Waals surface area contributed by atoms with Gasteiger partial charge in [-0.3, -0.25) is 4.79 Å². The number of nitrogens with one attached hydrogen (secondary N) is 1. The number of aryl methyl sites for hydroxylation is 2. The molecule has 1 amide bonds. The monoisotopic (exact) mass is 377 g/mol. The molecule has 0 saturated heterocycles. The summed E-state index contributed by atoms with van der Waals surface area (Å²) in [5, 5.41) is 3.21. The fourth-order valence-electron chi connectivity index (χ4n) is 3.87. The van der Waals surface area contributed by atoms with Crippen molar-refractivity contribution in [3.63, 3.8) is 0 Å². The summed E-state index contributed by atoms with van der Waals surface area (Å²) in [5.41, 5.74) is 4.47. The van der Waals surface area contributed by atoms with E-state index in [9.17, 15) is 4.79 Å². The minimum Gasteiger partial charge on any atom is -0.493 e. The summed E-state index contributed by atoms with van der Waals surface area (Å²) in [7, 11) is 2.01. The number of fused-ring (bicyclic) bond motifs is 2. The molecule has 28 heavy (non-hydrogen) atoms. The third-order valence-electron chi connectivity index (χ3n) is 5.48. The number of hydrogen-bond donors (Lipinski definition) is 1. The largest absolute Gasteiger partial charge is 0.493 e.